The zero-order valence-electron chi connectivity index (χ0n) is 20.8. The Hall–Kier alpha value is -2.97. The summed E-state index contributed by atoms with van der Waals surface area (Å²) in [5.41, 5.74) is 8.46. The molecule has 3 atom stereocenters. The lowest BCUT2D eigenvalue weighted by molar-refractivity contribution is -0.871. The average Bonchev–Trinajstić information content (AvgIpc) is 3.26. The van der Waals surface area contributed by atoms with E-state index in [1.165, 1.54) is 5.56 Å². The van der Waals surface area contributed by atoms with Crippen molar-refractivity contribution in [2.45, 2.75) is 77.3 Å². The quantitative estimate of drug-likeness (QED) is 0.392. The normalized spacial score (nSPS) is 21.7. The number of nitrogens with two attached hydrogens (primary N) is 1. The van der Waals surface area contributed by atoms with Gasteiger partial charge in [0.25, 0.3) is 5.91 Å². The highest BCUT2D eigenvalue weighted by Gasteiger charge is 2.50. The van der Waals surface area contributed by atoms with Crippen LogP contribution < -0.4 is 5.73 Å². The first-order chi connectivity index (χ1) is 16.2. The van der Waals surface area contributed by atoms with Crippen molar-refractivity contribution in [2.75, 3.05) is 6.54 Å². The summed E-state index contributed by atoms with van der Waals surface area (Å²) in [6.07, 6.45) is 4.05. The van der Waals surface area contributed by atoms with Crippen molar-refractivity contribution < 1.29 is 14.1 Å². The number of nitrogens with zero attached hydrogens (tertiary/aromatic N) is 2. The molecule has 0 aliphatic carbocycles. The summed E-state index contributed by atoms with van der Waals surface area (Å²) < 4.78 is 0.130. The molecule has 1 aliphatic heterocycles. The average molecular weight is 461 g/mol. The molecule has 5 nitrogen and oxygen atoms in total. The highest BCUT2D eigenvalue weighted by atomic mass is 16.2. The van der Waals surface area contributed by atoms with E-state index in [-0.39, 0.29) is 22.2 Å². The van der Waals surface area contributed by atoms with Crippen LogP contribution in [0.5, 0.6) is 0 Å². The number of rotatable bonds is 10. The summed E-state index contributed by atoms with van der Waals surface area (Å²) in [7, 11) is 0. The van der Waals surface area contributed by atoms with Crippen molar-refractivity contribution in [3.8, 4) is 6.07 Å². The minimum Gasteiger partial charge on any atom is -0.364 e. The van der Waals surface area contributed by atoms with Gasteiger partial charge in [-0.05, 0) is 31.2 Å². The highest BCUT2D eigenvalue weighted by molar-refractivity contribution is 5.82. The molecule has 2 N–H and O–H groups in total. The molecule has 1 aliphatic rings. The molecule has 1 heterocycles. The largest absolute Gasteiger partial charge is 0.364 e. The van der Waals surface area contributed by atoms with E-state index in [2.05, 4.69) is 19.9 Å². The molecule has 2 aromatic rings. The third kappa shape index (κ3) is 5.23. The van der Waals surface area contributed by atoms with E-state index in [1.54, 1.807) is 0 Å². The second-order valence-electron chi connectivity index (χ2n) is 10.2. The maximum absolute atomic E-state index is 13.7. The minimum atomic E-state index is -0.568. The van der Waals surface area contributed by atoms with Gasteiger partial charge in [0.05, 0.1) is 24.4 Å². The van der Waals surface area contributed by atoms with Crippen molar-refractivity contribution in [2.24, 2.45) is 11.7 Å². The fourth-order valence-electron chi connectivity index (χ4n) is 5.60. The van der Waals surface area contributed by atoms with E-state index in [4.69, 9.17) is 5.73 Å². The van der Waals surface area contributed by atoms with Crippen molar-refractivity contribution in [3.63, 3.8) is 0 Å². The zero-order chi connectivity index (χ0) is 24.8. The van der Waals surface area contributed by atoms with Crippen molar-refractivity contribution in [1.29, 1.82) is 5.26 Å². The van der Waals surface area contributed by atoms with Gasteiger partial charge in [-0.2, -0.15) is 5.26 Å². The molecule has 0 saturated carbocycles. The highest BCUT2D eigenvalue weighted by Crippen LogP contribution is 2.37. The number of hydrogen-bond donors (Lipinski definition) is 1. The van der Waals surface area contributed by atoms with E-state index in [0.717, 1.165) is 24.0 Å². The van der Waals surface area contributed by atoms with Crippen LogP contribution >= 0.6 is 0 Å². The predicted octanol–water partition coefficient (Wildman–Crippen LogP) is 5.16. The van der Waals surface area contributed by atoms with Gasteiger partial charge in [-0.25, -0.2) is 9.28 Å². The van der Waals surface area contributed by atoms with E-state index in [1.807, 2.05) is 61.5 Å². The molecule has 34 heavy (non-hydrogen) atoms. The SMILES string of the molecule is Cc1ccc(C[N@+]2(C(=O)CCCC[C@@](C#N)(c3ccccc3)C(C)C)CCCC2C(N)=O)cc1. The molecule has 1 saturated heterocycles. The molecular formula is C29H38N3O2+. The molecule has 0 bridgehead atoms. The summed E-state index contributed by atoms with van der Waals surface area (Å²) in [6.45, 7) is 7.37. The van der Waals surface area contributed by atoms with Gasteiger partial charge in [0.1, 0.15) is 6.54 Å². The molecule has 0 radical (unpaired) electrons. The maximum atomic E-state index is 13.7. The summed E-state index contributed by atoms with van der Waals surface area (Å²) in [4.78, 5) is 26.0. The van der Waals surface area contributed by atoms with Gasteiger partial charge in [0.2, 0.25) is 0 Å². The van der Waals surface area contributed by atoms with E-state index < -0.39 is 11.5 Å². The Bertz CT molecular complexity index is 1030. The minimum absolute atomic E-state index is 0.0914. The van der Waals surface area contributed by atoms with Gasteiger partial charge in [0.15, 0.2) is 6.04 Å². The first-order valence-electron chi connectivity index (χ1n) is 12.5. The van der Waals surface area contributed by atoms with Gasteiger partial charge in [-0.1, -0.05) is 80.4 Å². The Labute approximate surface area is 204 Å². The van der Waals surface area contributed by atoms with Gasteiger partial charge >= 0.3 is 5.91 Å². The van der Waals surface area contributed by atoms with Crippen LogP contribution in [0.25, 0.3) is 0 Å². The Balaban J connectivity index is 1.73. The molecule has 1 unspecified atom stereocenters. The zero-order valence-corrected chi connectivity index (χ0v) is 20.8. The monoisotopic (exact) mass is 460 g/mol. The van der Waals surface area contributed by atoms with Crippen molar-refractivity contribution in [1.82, 2.24) is 0 Å². The third-order valence-corrected chi connectivity index (χ3v) is 7.73. The second-order valence-corrected chi connectivity index (χ2v) is 10.2. The Morgan fingerprint density at radius 1 is 1.12 bits per heavy atom. The van der Waals surface area contributed by atoms with Gasteiger partial charge in [0, 0.05) is 18.4 Å². The Morgan fingerprint density at radius 2 is 1.79 bits per heavy atom. The standard InChI is InChI=1S/C29H37N3O2/c1-22(2)29(21-30,25-10-5-4-6-11-25)18-8-7-13-27(33)32(19-9-12-26(32)28(31)34)20-24-16-14-23(3)15-17-24/h4-6,10-11,14-17,22,26H,7-9,12-13,18-20H2,1-3H3,(H-,31,34)/p+1/t26?,29-,32+/m0/s1. The number of hydrogen-bond acceptors (Lipinski definition) is 3. The third-order valence-electron chi connectivity index (χ3n) is 7.73. The molecule has 180 valence electrons. The molecule has 1 fully saturated rings. The predicted molar refractivity (Wildman–Crippen MR) is 134 cm³/mol. The van der Waals surface area contributed by atoms with Crippen LogP contribution in [-0.4, -0.2) is 28.9 Å². The van der Waals surface area contributed by atoms with Crippen LogP contribution in [0, 0.1) is 24.2 Å². The first-order valence-corrected chi connectivity index (χ1v) is 12.5. The van der Waals surface area contributed by atoms with E-state index in [9.17, 15) is 14.9 Å². The summed E-state index contributed by atoms with van der Waals surface area (Å²) in [6, 6.07) is 20.3. The van der Waals surface area contributed by atoms with Gasteiger partial charge < -0.3 is 5.73 Å². The number of carbonyl (C=O) groups is 2. The second kappa shape index (κ2) is 11.0. The lowest BCUT2D eigenvalue weighted by atomic mass is 9.69. The lowest BCUT2D eigenvalue weighted by Gasteiger charge is -2.36. The van der Waals surface area contributed by atoms with Crippen LogP contribution in [0.4, 0.5) is 0 Å². The fourth-order valence-corrected chi connectivity index (χ4v) is 5.60. The van der Waals surface area contributed by atoms with Gasteiger partial charge in [-0.3, -0.25) is 4.79 Å². The molecule has 2 aromatic carbocycles. The van der Waals surface area contributed by atoms with Crippen LogP contribution in [-0.2, 0) is 21.5 Å². The maximum Gasteiger partial charge on any atom is 0.314 e. The number of primary amides is 1. The molecule has 0 spiro atoms. The molecular weight excluding hydrogens is 422 g/mol. The molecule has 3 rings (SSSR count). The summed E-state index contributed by atoms with van der Waals surface area (Å²) in [5, 5.41) is 10.1. The molecule has 5 heteroatoms. The smallest absolute Gasteiger partial charge is 0.314 e. The molecule has 2 amide bonds. The topological polar surface area (TPSA) is 83.9 Å². The van der Waals surface area contributed by atoms with E-state index >= 15 is 0 Å². The fraction of sp³-hybridized carbons (Fsp3) is 0.483. The number of nitriles is 1. The van der Waals surface area contributed by atoms with Gasteiger partial charge in [-0.15, -0.1) is 0 Å². The number of aryl methyl sites for hydroxylation is 1. The first kappa shape index (κ1) is 25.6. The van der Waals surface area contributed by atoms with Crippen LogP contribution in [0.1, 0.15) is 69.1 Å². The van der Waals surface area contributed by atoms with E-state index in [0.29, 0.717) is 38.8 Å². The molecule has 0 aromatic heterocycles. The summed E-state index contributed by atoms with van der Waals surface area (Å²) in [5.74, 6) is -0.132. The lowest BCUT2D eigenvalue weighted by Crippen LogP contribution is -2.59. The number of quaternary nitrogens is 1. The Kier molecular flexibility index (Phi) is 8.28. The Morgan fingerprint density at radius 3 is 2.38 bits per heavy atom. The number of benzene rings is 2. The number of amides is 2. The number of unbranched alkanes of at least 4 members (excludes halogenated alkanes) is 1. The number of likely N-dealkylation sites (tertiary alicyclic amines) is 1. The van der Waals surface area contributed by atoms with Crippen molar-refractivity contribution >= 4 is 11.8 Å². The van der Waals surface area contributed by atoms with Crippen molar-refractivity contribution in [3.05, 3.63) is 71.3 Å². The van der Waals surface area contributed by atoms with Crippen LogP contribution in [0.15, 0.2) is 54.6 Å². The summed E-state index contributed by atoms with van der Waals surface area (Å²) >= 11 is 0. The number of carbonyl (C=O) groups excluding carboxylic acids is 2. The van der Waals surface area contributed by atoms with Crippen LogP contribution in [0.2, 0.25) is 0 Å². The van der Waals surface area contributed by atoms with Crippen LogP contribution in [0.3, 0.4) is 0 Å².